The highest BCUT2D eigenvalue weighted by molar-refractivity contribution is 14.1. The maximum absolute atomic E-state index is 11.5. The number of nitrogens with one attached hydrogen (secondary N) is 1. The second-order valence-corrected chi connectivity index (χ2v) is 5.05. The largest absolute Gasteiger partial charge is 0.483 e. The first-order valence-corrected chi connectivity index (χ1v) is 6.98. The molecule has 1 aromatic carbocycles. The number of carbonyl (C=O) groups is 1. The van der Waals surface area contributed by atoms with E-state index in [0.717, 1.165) is 9.33 Å². The fourth-order valence-electron chi connectivity index (χ4n) is 1.46. The van der Waals surface area contributed by atoms with Crippen LogP contribution in [0.2, 0.25) is 0 Å². The van der Waals surface area contributed by atoms with Crippen molar-refractivity contribution in [3.05, 3.63) is 51.5 Å². The van der Waals surface area contributed by atoms with Gasteiger partial charge >= 0.3 is 0 Å². The number of benzene rings is 1. The summed E-state index contributed by atoms with van der Waals surface area (Å²) < 4.78 is 11.4. The second-order valence-electron chi connectivity index (χ2n) is 3.99. The van der Waals surface area contributed by atoms with Crippen molar-refractivity contribution in [3.8, 4) is 5.75 Å². The number of hydrogen-bond acceptors (Lipinski definition) is 4. The minimum Gasteiger partial charge on any atom is -0.483 e. The number of ether oxygens (including phenoxy) is 1. The van der Waals surface area contributed by atoms with Crippen LogP contribution in [0.3, 0.4) is 0 Å². The lowest BCUT2D eigenvalue weighted by Gasteiger charge is -2.07. The lowest BCUT2D eigenvalue weighted by molar-refractivity contribution is -0.123. The molecular formula is C14H13IN2O3. The molecule has 0 saturated heterocycles. The van der Waals surface area contributed by atoms with E-state index < -0.39 is 0 Å². The van der Waals surface area contributed by atoms with Crippen LogP contribution in [0.5, 0.6) is 5.75 Å². The van der Waals surface area contributed by atoms with Crippen molar-refractivity contribution < 1.29 is 13.9 Å². The number of hydrazone groups is 1. The molecule has 6 heteroatoms. The topological polar surface area (TPSA) is 63.8 Å². The quantitative estimate of drug-likeness (QED) is 0.490. The van der Waals surface area contributed by atoms with E-state index in [4.69, 9.17) is 9.15 Å². The van der Waals surface area contributed by atoms with E-state index in [2.05, 4.69) is 33.1 Å². The molecule has 2 rings (SSSR count). The summed E-state index contributed by atoms with van der Waals surface area (Å²) in [6.07, 6.45) is 1.44. The predicted octanol–water partition coefficient (Wildman–Crippen LogP) is 2.72. The molecule has 2 aromatic rings. The number of carbonyl (C=O) groups excluding carboxylic acids is 1. The second kappa shape index (κ2) is 7.09. The van der Waals surface area contributed by atoms with E-state index in [1.54, 1.807) is 6.07 Å². The summed E-state index contributed by atoms with van der Waals surface area (Å²) in [6.45, 7) is 1.84. The van der Waals surface area contributed by atoms with Crippen LogP contribution in [0.4, 0.5) is 0 Å². The number of amides is 1. The van der Waals surface area contributed by atoms with Crippen molar-refractivity contribution in [2.45, 2.75) is 6.92 Å². The summed E-state index contributed by atoms with van der Waals surface area (Å²) in [5, 5.41) is 3.79. The van der Waals surface area contributed by atoms with Crippen LogP contribution >= 0.6 is 22.6 Å². The molecule has 104 valence electrons. The van der Waals surface area contributed by atoms with Gasteiger partial charge in [-0.3, -0.25) is 4.79 Å². The van der Waals surface area contributed by atoms with Gasteiger partial charge in [-0.15, -0.1) is 0 Å². The molecule has 0 atom stereocenters. The number of halogens is 1. The van der Waals surface area contributed by atoms with Crippen molar-refractivity contribution in [2.24, 2.45) is 5.10 Å². The summed E-state index contributed by atoms with van der Waals surface area (Å²) in [7, 11) is 0. The molecule has 5 nitrogen and oxygen atoms in total. The Labute approximate surface area is 130 Å². The van der Waals surface area contributed by atoms with Crippen LogP contribution in [0.15, 0.2) is 45.9 Å². The van der Waals surface area contributed by atoms with Crippen LogP contribution in [0, 0.1) is 10.7 Å². The predicted molar refractivity (Wildman–Crippen MR) is 83.8 cm³/mol. The number of rotatable bonds is 5. The van der Waals surface area contributed by atoms with E-state index >= 15 is 0 Å². The molecule has 1 N–H and O–H groups in total. The Kier molecular flexibility index (Phi) is 5.16. The number of aryl methyl sites for hydroxylation is 1. The number of nitrogens with zero attached hydrogens (tertiary/aromatic N) is 1. The van der Waals surface area contributed by atoms with Crippen LogP contribution in [0.25, 0.3) is 0 Å². The lowest BCUT2D eigenvalue weighted by atomic mass is 10.2. The Hall–Kier alpha value is -1.83. The first kappa shape index (κ1) is 14.6. The molecular weight excluding hydrogens is 371 g/mol. The lowest BCUT2D eigenvalue weighted by Crippen LogP contribution is -2.24. The van der Waals surface area contributed by atoms with Gasteiger partial charge in [-0.25, -0.2) is 5.43 Å². The van der Waals surface area contributed by atoms with Gasteiger partial charge in [0.2, 0.25) is 0 Å². The molecule has 20 heavy (non-hydrogen) atoms. The fraction of sp³-hybridized carbons (Fsp3) is 0.143. The third-order valence-corrected chi connectivity index (χ3v) is 3.01. The Morgan fingerprint density at radius 2 is 2.20 bits per heavy atom. The minimum atomic E-state index is -0.328. The summed E-state index contributed by atoms with van der Waals surface area (Å²) >= 11 is 2.05. The molecule has 1 heterocycles. The van der Waals surface area contributed by atoms with E-state index in [1.807, 2.05) is 37.3 Å². The van der Waals surface area contributed by atoms with E-state index in [-0.39, 0.29) is 12.5 Å². The Balaban J connectivity index is 1.78. The Morgan fingerprint density at radius 3 is 2.90 bits per heavy atom. The summed E-state index contributed by atoms with van der Waals surface area (Å²) in [4.78, 5) is 11.5. The molecule has 0 aliphatic carbocycles. The van der Waals surface area contributed by atoms with Crippen LogP contribution in [-0.2, 0) is 4.79 Å². The van der Waals surface area contributed by atoms with Crippen LogP contribution < -0.4 is 10.2 Å². The van der Waals surface area contributed by atoms with Crippen molar-refractivity contribution in [1.29, 1.82) is 0 Å². The Bertz CT molecular complexity index is 622. The summed E-state index contributed by atoms with van der Waals surface area (Å²) in [6, 6.07) is 11.1. The first-order chi connectivity index (χ1) is 9.65. The molecule has 0 unspecified atom stereocenters. The van der Waals surface area contributed by atoms with Crippen molar-refractivity contribution in [2.75, 3.05) is 6.61 Å². The zero-order chi connectivity index (χ0) is 14.4. The van der Waals surface area contributed by atoms with Crippen molar-refractivity contribution >= 4 is 34.7 Å². The molecule has 0 aliphatic heterocycles. The van der Waals surface area contributed by atoms with Gasteiger partial charge in [-0.05, 0) is 53.3 Å². The smallest absolute Gasteiger partial charge is 0.277 e. The maximum atomic E-state index is 11.5. The van der Waals surface area contributed by atoms with Crippen LogP contribution in [-0.4, -0.2) is 18.7 Å². The highest BCUT2D eigenvalue weighted by Gasteiger charge is 2.03. The summed E-state index contributed by atoms with van der Waals surface area (Å²) in [5.74, 6) is 0.937. The summed E-state index contributed by atoms with van der Waals surface area (Å²) in [5.41, 5.74) is 3.35. The maximum Gasteiger partial charge on any atom is 0.277 e. The highest BCUT2D eigenvalue weighted by atomic mass is 127. The molecule has 1 aromatic heterocycles. The zero-order valence-electron chi connectivity index (χ0n) is 10.8. The molecule has 1 amide bonds. The van der Waals surface area contributed by atoms with E-state index in [0.29, 0.717) is 11.5 Å². The highest BCUT2D eigenvalue weighted by Crippen LogP contribution is 2.15. The Morgan fingerprint density at radius 1 is 1.40 bits per heavy atom. The molecule has 0 spiro atoms. The first-order valence-electron chi connectivity index (χ1n) is 5.91. The molecule has 0 radical (unpaired) electrons. The fourth-order valence-corrected chi connectivity index (χ4v) is 1.89. The van der Waals surface area contributed by atoms with Gasteiger partial charge in [0, 0.05) is 0 Å². The third-order valence-electron chi connectivity index (χ3n) is 2.43. The number of furan rings is 1. The monoisotopic (exact) mass is 384 g/mol. The minimum absolute atomic E-state index is 0.0854. The van der Waals surface area contributed by atoms with Gasteiger partial charge in [0.1, 0.15) is 11.5 Å². The third kappa shape index (κ3) is 4.37. The standard InChI is InChI=1S/C14H13IN2O3/c1-10-4-2-3-5-12(10)19-9-14(18)17-16-8-11-6-7-13(15)20-11/h2-8H,9H2,1H3,(H,17,18)/b16-8-. The van der Waals surface area contributed by atoms with Gasteiger partial charge in [-0.2, -0.15) is 5.10 Å². The van der Waals surface area contributed by atoms with Gasteiger partial charge in [0.05, 0.1) is 6.21 Å². The molecule has 0 fully saturated rings. The number of hydrogen-bond donors (Lipinski definition) is 1. The van der Waals surface area contributed by atoms with Crippen molar-refractivity contribution in [3.63, 3.8) is 0 Å². The van der Waals surface area contributed by atoms with Crippen molar-refractivity contribution in [1.82, 2.24) is 5.43 Å². The SMILES string of the molecule is Cc1ccccc1OCC(=O)N/N=C\c1ccc(I)o1. The van der Waals surface area contributed by atoms with E-state index in [1.165, 1.54) is 6.21 Å². The van der Waals surface area contributed by atoms with Gasteiger partial charge in [-0.1, -0.05) is 18.2 Å². The average molecular weight is 384 g/mol. The van der Waals surface area contributed by atoms with Gasteiger partial charge in [0.15, 0.2) is 10.4 Å². The normalized spacial score (nSPS) is 10.7. The van der Waals surface area contributed by atoms with E-state index in [9.17, 15) is 4.79 Å². The molecule has 0 aliphatic rings. The van der Waals surface area contributed by atoms with Crippen LogP contribution in [0.1, 0.15) is 11.3 Å². The average Bonchev–Trinajstić information content (AvgIpc) is 2.83. The molecule has 0 bridgehead atoms. The number of para-hydroxylation sites is 1. The zero-order valence-corrected chi connectivity index (χ0v) is 13.0. The molecule has 0 saturated carbocycles. The van der Waals surface area contributed by atoms with Gasteiger partial charge in [0.25, 0.3) is 5.91 Å². The van der Waals surface area contributed by atoms with Gasteiger partial charge < -0.3 is 9.15 Å².